The first-order valence-electron chi connectivity index (χ1n) is 6.76. The highest BCUT2D eigenvalue weighted by Gasteiger charge is 2.39. The van der Waals surface area contributed by atoms with Gasteiger partial charge >= 0.3 is 0 Å². The van der Waals surface area contributed by atoms with E-state index in [0.717, 1.165) is 25.1 Å². The van der Waals surface area contributed by atoms with Crippen LogP contribution in [0.4, 0.5) is 0 Å². The molecule has 2 atom stereocenters. The Morgan fingerprint density at radius 2 is 2.32 bits per heavy atom. The van der Waals surface area contributed by atoms with E-state index in [9.17, 15) is 4.79 Å². The highest BCUT2D eigenvalue weighted by atomic mass is 127. The van der Waals surface area contributed by atoms with E-state index in [-0.39, 0.29) is 5.91 Å². The lowest BCUT2D eigenvalue weighted by Crippen LogP contribution is -2.25. The summed E-state index contributed by atoms with van der Waals surface area (Å²) in [5.41, 5.74) is 1.36. The summed E-state index contributed by atoms with van der Waals surface area (Å²) < 4.78 is 6.56. The molecule has 1 aliphatic rings. The maximum absolute atomic E-state index is 11.5. The van der Waals surface area contributed by atoms with Crippen LogP contribution in [-0.4, -0.2) is 19.6 Å². The maximum atomic E-state index is 11.5. The Labute approximate surface area is 128 Å². The van der Waals surface area contributed by atoms with Crippen LogP contribution in [0.5, 0.6) is 5.75 Å². The molecule has 0 unspecified atom stereocenters. The first-order chi connectivity index (χ1) is 9.17. The topological polar surface area (TPSA) is 38.3 Å². The average molecular weight is 373 g/mol. The molecule has 1 aliphatic carbocycles. The Morgan fingerprint density at radius 1 is 1.53 bits per heavy atom. The van der Waals surface area contributed by atoms with E-state index >= 15 is 0 Å². The van der Waals surface area contributed by atoms with Crippen molar-refractivity contribution in [1.82, 2.24) is 5.32 Å². The second kappa shape index (κ2) is 6.59. The first-order valence-corrected chi connectivity index (χ1v) is 7.84. The molecule has 1 saturated carbocycles. The number of nitrogens with one attached hydrogen (secondary N) is 1. The number of methoxy groups -OCH3 is 1. The molecular formula is C15H20INO2. The van der Waals surface area contributed by atoms with Crippen molar-refractivity contribution in [2.24, 2.45) is 5.92 Å². The zero-order valence-corrected chi connectivity index (χ0v) is 13.6. The smallest absolute Gasteiger partial charge is 0.219 e. The van der Waals surface area contributed by atoms with Crippen molar-refractivity contribution in [3.05, 3.63) is 27.3 Å². The van der Waals surface area contributed by atoms with Gasteiger partial charge in [0.2, 0.25) is 5.91 Å². The van der Waals surface area contributed by atoms with E-state index in [1.807, 2.05) is 19.1 Å². The molecule has 3 nitrogen and oxygen atoms in total. The van der Waals surface area contributed by atoms with Gasteiger partial charge in [0.05, 0.1) is 10.7 Å². The quantitative estimate of drug-likeness (QED) is 0.777. The van der Waals surface area contributed by atoms with Gasteiger partial charge in [-0.2, -0.15) is 0 Å². The van der Waals surface area contributed by atoms with Gasteiger partial charge in [-0.05, 0) is 58.9 Å². The fourth-order valence-corrected chi connectivity index (χ4v) is 3.37. The minimum atomic E-state index is 0.175. The van der Waals surface area contributed by atoms with Gasteiger partial charge in [0.1, 0.15) is 5.75 Å². The number of amides is 1. The summed E-state index contributed by atoms with van der Waals surface area (Å²) in [7, 11) is 1.70. The van der Waals surface area contributed by atoms with Crippen LogP contribution in [0.3, 0.4) is 0 Å². The summed E-state index contributed by atoms with van der Waals surface area (Å²) in [6.45, 7) is 2.83. The molecular weight excluding hydrogens is 353 g/mol. The maximum Gasteiger partial charge on any atom is 0.219 e. The van der Waals surface area contributed by atoms with Gasteiger partial charge in [0.15, 0.2) is 0 Å². The number of hydrogen-bond acceptors (Lipinski definition) is 2. The number of carbonyl (C=O) groups excluding carboxylic acids is 1. The summed E-state index contributed by atoms with van der Waals surface area (Å²) in [5.74, 6) is 2.28. The van der Waals surface area contributed by atoms with Crippen molar-refractivity contribution >= 4 is 28.5 Å². The van der Waals surface area contributed by atoms with Gasteiger partial charge in [0.25, 0.3) is 0 Å². The van der Waals surface area contributed by atoms with Gasteiger partial charge in [-0.3, -0.25) is 4.79 Å². The van der Waals surface area contributed by atoms with Gasteiger partial charge < -0.3 is 10.1 Å². The van der Waals surface area contributed by atoms with Crippen molar-refractivity contribution in [3.63, 3.8) is 0 Å². The Balaban J connectivity index is 1.91. The van der Waals surface area contributed by atoms with Crippen LogP contribution < -0.4 is 10.1 Å². The summed E-state index contributed by atoms with van der Waals surface area (Å²) in [6, 6.07) is 6.20. The fraction of sp³-hybridized carbons (Fsp3) is 0.533. The van der Waals surface area contributed by atoms with Crippen LogP contribution >= 0.6 is 22.6 Å². The van der Waals surface area contributed by atoms with Crippen LogP contribution in [-0.2, 0) is 4.79 Å². The summed E-state index contributed by atoms with van der Waals surface area (Å²) in [4.78, 5) is 11.5. The van der Waals surface area contributed by atoms with Gasteiger partial charge in [-0.15, -0.1) is 0 Å². The molecule has 0 radical (unpaired) electrons. The molecule has 0 aliphatic heterocycles. The largest absolute Gasteiger partial charge is 0.496 e. The number of hydrogen-bond donors (Lipinski definition) is 1. The normalized spacial score (nSPS) is 21.0. The zero-order chi connectivity index (χ0) is 13.8. The summed E-state index contributed by atoms with van der Waals surface area (Å²) >= 11 is 2.35. The lowest BCUT2D eigenvalue weighted by Gasteiger charge is -2.09. The molecule has 19 heavy (non-hydrogen) atoms. The lowest BCUT2D eigenvalue weighted by atomic mass is 10.1. The van der Waals surface area contributed by atoms with Gasteiger partial charge in [0, 0.05) is 13.0 Å². The first kappa shape index (κ1) is 14.6. The number of carbonyl (C=O) groups is 1. The van der Waals surface area contributed by atoms with Crippen molar-refractivity contribution in [2.75, 3.05) is 13.7 Å². The third-order valence-corrected chi connectivity index (χ3v) is 4.73. The summed E-state index contributed by atoms with van der Waals surface area (Å²) in [6.07, 6.45) is 2.71. The van der Waals surface area contributed by atoms with Crippen LogP contribution in [0.25, 0.3) is 0 Å². The number of ether oxygens (including phenoxy) is 1. The van der Waals surface area contributed by atoms with Crippen LogP contribution in [0.15, 0.2) is 18.2 Å². The Bertz CT molecular complexity index is 461. The van der Waals surface area contributed by atoms with E-state index in [0.29, 0.717) is 18.3 Å². The number of benzene rings is 1. The van der Waals surface area contributed by atoms with Crippen LogP contribution in [0.1, 0.15) is 37.7 Å². The van der Waals surface area contributed by atoms with E-state index in [4.69, 9.17) is 4.74 Å². The molecule has 1 N–H and O–H groups in total. The SMILES string of the molecule is CCCC(=O)NC[C@@H]1C[C@H]1c1cccc(OC)c1I. The fourth-order valence-electron chi connectivity index (χ4n) is 2.39. The molecule has 1 aromatic rings. The predicted molar refractivity (Wildman–Crippen MR) is 84.5 cm³/mol. The molecule has 1 fully saturated rings. The monoisotopic (exact) mass is 373 g/mol. The Kier molecular flexibility index (Phi) is 5.07. The van der Waals surface area contributed by atoms with Crippen molar-refractivity contribution in [1.29, 1.82) is 0 Å². The van der Waals surface area contributed by atoms with Crippen molar-refractivity contribution < 1.29 is 9.53 Å². The predicted octanol–water partition coefficient (Wildman–Crippen LogP) is 3.32. The van der Waals surface area contributed by atoms with Crippen LogP contribution in [0, 0.1) is 9.49 Å². The Morgan fingerprint density at radius 3 is 3.00 bits per heavy atom. The minimum Gasteiger partial charge on any atom is -0.496 e. The highest BCUT2D eigenvalue weighted by molar-refractivity contribution is 14.1. The molecule has 1 aromatic carbocycles. The molecule has 2 rings (SSSR count). The van der Waals surface area contributed by atoms with E-state index in [1.165, 1.54) is 9.13 Å². The number of halogens is 1. The van der Waals surface area contributed by atoms with E-state index < -0.39 is 0 Å². The molecule has 0 saturated heterocycles. The number of rotatable bonds is 6. The molecule has 0 spiro atoms. The Hall–Kier alpha value is -0.780. The average Bonchev–Trinajstić information content (AvgIpc) is 3.16. The molecule has 4 heteroatoms. The second-order valence-electron chi connectivity index (χ2n) is 5.02. The second-order valence-corrected chi connectivity index (χ2v) is 6.10. The third-order valence-electron chi connectivity index (χ3n) is 3.57. The van der Waals surface area contributed by atoms with Gasteiger partial charge in [-0.1, -0.05) is 19.1 Å². The van der Waals surface area contributed by atoms with Gasteiger partial charge in [-0.25, -0.2) is 0 Å². The lowest BCUT2D eigenvalue weighted by molar-refractivity contribution is -0.121. The van der Waals surface area contributed by atoms with E-state index in [1.54, 1.807) is 7.11 Å². The minimum absolute atomic E-state index is 0.175. The third kappa shape index (κ3) is 3.61. The van der Waals surface area contributed by atoms with E-state index in [2.05, 4.69) is 34.0 Å². The molecule has 0 bridgehead atoms. The highest BCUT2D eigenvalue weighted by Crippen LogP contribution is 2.49. The zero-order valence-electron chi connectivity index (χ0n) is 11.4. The molecule has 0 aromatic heterocycles. The molecule has 104 valence electrons. The summed E-state index contributed by atoms with van der Waals surface area (Å²) in [5, 5.41) is 3.02. The standard InChI is InChI=1S/C15H20INO2/c1-3-5-14(18)17-9-10-8-12(10)11-6-4-7-13(19-2)15(11)16/h4,6-7,10,12H,3,5,8-9H2,1-2H3,(H,17,18)/t10-,12+/m0/s1. The molecule has 0 heterocycles. The molecule has 1 amide bonds. The van der Waals surface area contributed by atoms with Crippen molar-refractivity contribution in [3.8, 4) is 5.75 Å². The van der Waals surface area contributed by atoms with Crippen molar-refractivity contribution in [2.45, 2.75) is 32.1 Å². The van der Waals surface area contributed by atoms with Crippen LogP contribution in [0.2, 0.25) is 0 Å².